The maximum absolute atomic E-state index is 12.6. The third-order valence-corrected chi connectivity index (χ3v) is 5.39. The Hall–Kier alpha value is -1.59. The van der Waals surface area contributed by atoms with E-state index in [-0.39, 0.29) is 5.91 Å². The number of nitrogens with one attached hydrogen (secondary N) is 1. The third kappa shape index (κ3) is 4.95. The highest BCUT2D eigenvalue weighted by Gasteiger charge is 2.28. The molecule has 0 radical (unpaired) electrons. The van der Waals surface area contributed by atoms with E-state index in [4.69, 9.17) is 4.74 Å². The van der Waals surface area contributed by atoms with Crippen LogP contribution in [0.4, 0.5) is 5.69 Å². The van der Waals surface area contributed by atoms with Gasteiger partial charge < -0.3 is 15.0 Å². The first-order valence-corrected chi connectivity index (χ1v) is 9.56. The van der Waals surface area contributed by atoms with E-state index in [2.05, 4.69) is 15.1 Å². The molecule has 2 fully saturated rings. The Balaban J connectivity index is 1.55. The molecule has 0 aliphatic carbocycles. The number of benzene rings is 1. The van der Waals surface area contributed by atoms with Gasteiger partial charge in [-0.15, -0.1) is 0 Å². The number of aryl methyl sites for hydroxylation is 1. The van der Waals surface area contributed by atoms with Crippen LogP contribution < -0.4 is 10.1 Å². The zero-order valence-corrected chi connectivity index (χ0v) is 15.6. The highest BCUT2D eigenvalue weighted by Crippen LogP contribution is 2.26. The number of amides is 1. The van der Waals surface area contributed by atoms with E-state index >= 15 is 0 Å². The Bertz CT molecular complexity index is 584. The summed E-state index contributed by atoms with van der Waals surface area (Å²) < 4.78 is 5.36. The van der Waals surface area contributed by atoms with Crippen LogP contribution in [0.3, 0.4) is 0 Å². The molecule has 1 atom stereocenters. The molecule has 3 rings (SSSR count). The molecule has 2 heterocycles. The average molecular weight is 345 g/mol. The number of methoxy groups -OCH3 is 1. The Morgan fingerprint density at radius 2 is 2.00 bits per heavy atom. The van der Waals surface area contributed by atoms with Crippen molar-refractivity contribution in [1.29, 1.82) is 0 Å². The second-order valence-corrected chi connectivity index (χ2v) is 7.38. The minimum Gasteiger partial charge on any atom is -0.495 e. The minimum absolute atomic E-state index is 0.0504. The molecule has 2 aliphatic rings. The summed E-state index contributed by atoms with van der Waals surface area (Å²) in [6.07, 6.45) is 6.41. The maximum Gasteiger partial charge on any atom is 0.238 e. The van der Waals surface area contributed by atoms with E-state index in [9.17, 15) is 4.79 Å². The highest BCUT2D eigenvalue weighted by molar-refractivity contribution is 5.93. The summed E-state index contributed by atoms with van der Waals surface area (Å²) >= 11 is 0. The molecule has 2 aliphatic heterocycles. The van der Waals surface area contributed by atoms with E-state index in [1.807, 2.05) is 25.1 Å². The summed E-state index contributed by atoms with van der Waals surface area (Å²) in [4.78, 5) is 17.5. The van der Waals surface area contributed by atoms with Crippen LogP contribution in [0, 0.1) is 6.92 Å². The van der Waals surface area contributed by atoms with Crippen LogP contribution in [0.2, 0.25) is 0 Å². The second kappa shape index (κ2) is 8.68. The van der Waals surface area contributed by atoms with E-state index in [1.165, 1.54) is 45.2 Å². The second-order valence-electron chi connectivity index (χ2n) is 7.38. The number of nitrogens with zero attached hydrogens (tertiary/aromatic N) is 2. The van der Waals surface area contributed by atoms with Crippen LogP contribution in [0.5, 0.6) is 5.75 Å². The fraction of sp³-hybridized carbons (Fsp3) is 0.650. The van der Waals surface area contributed by atoms with Gasteiger partial charge in [-0.3, -0.25) is 9.69 Å². The first kappa shape index (κ1) is 18.2. The molecule has 0 unspecified atom stereocenters. The number of rotatable bonds is 6. The number of ether oxygens (including phenoxy) is 1. The smallest absolute Gasteiger partial charge is 0.238 e. The van der Waals surface area contributed by atoms with Gasteiger partial charge in [0.1, 0.15) is 5.75 Å². The number of carbonyl (C=O) groups is 1. The maximum atomic E-state index is 12.6. The molecule has 5 heteroatoms. The lowest BCUT2D eigenvalue weighted by Gasteiger charge is -2.32. The molecule has 1 aromatic rings. The Morgan fingerprint density at radius 3 is 2.76 bits per heavy atom. The van der Waals surface area contributed by atoms with E-state index in [1.54, 1.807) is 7.11 Å². The molecule has 138 valence electrons. The minimum atomic E-state index is 0.0504. The molecular weight excluding hydrogens is 314 g/mol. The van der Waals surface area contributed by atoms with E-state index in [0.717, 1.165) is 24.3 Å². The van der Waals surface area contributed by atoms with Crippen LogP contribution in [0.25, 0.3) is 0 Å². The predicted octanol–water partition coefficient (Wildman–Crippen LogP) is 2.89. The molecule has 2 saturated heterocycles. The van der Waals surface area contributed by atoms with Gasteiger partial charge >= 0.3 is 0 Å². The molecular formula is C20H31N3O2. The fourth-order valence-electron chi connectivity index (χ4n) is 4.04. The Kier molecular flexibility index (Phi) is 6.32. The number of hydrogen-bond acceptors (Lipinski definition) is 4. The van der Waals surface area contributed by atoms with E-state index < -0.39 is 0 Å². The van der Waals surface area contributed by atoms with Crippen molar-refractivity contribution in [3.8, 4) is 5.75 Å². The standard InChI is InChI=1S/C20H31N3O2/c1-16-8-9-19(25-2)18(13-16)21-20(24)15-23-12-6-7-17(23)14-22-10-4-3-5-11-22/h8-9,13,17H,3-7,10-12,14-15H2,1-2H3,(H,21,24)/t17-/m1/s1. The Labute approximate surface area is 151 Å². The van der Waals surface area contributed by atoms with Crippen LogP contribution >= 0.6 is 0 Å². The van der Waals surface area contributed by atoms with Crippen molar-refractivity contribution in [2.45, 2.75) is 45.1 Å². The monoisotopic (exact) mass is 345 g/mol. The van der Waals surface area contributed by atoms with Gasteiger partial charge in [0.05, 0.1) is 19.3 Å². The van der Waals surface area contributed by atoms with Crippen molar-refractivity contribution in [3.63, 3.8) is 0 Å². The topological polar surface area (TPSA) is 44.8 Å². The van der Waals surface area contributed by atoms with Gasteiger partial charge in [0.2, 0.25) is 5.91 Å². The van der Waals surface area contributed by atoms with Crippen LogP contribution in [-0.4, -0.2) is 61.6 Å². The van der Waals surface area contributed by atoms with Crippen molar-refractivity contribution in [2.24, 2.45) is 0 Å². The molecule has 0 spiro atoms. The van der Waals surface area contributed by atoms with Crippen molar-refractivity contribution < 1.29 is 9.53 Å². The molecule has 5 nitrogen and oxygen atoms in total. The number of anilines is 1. The fourth-order valence-corrected chi connectivity index (χ4v) is 4.04. The summed E-state index contributed by atoms with van der Waals surface area (Å²) in [6.45, 7) is 7.06. The van der Waals surface area contributed by atoms with Gasteiger partial charge in [-0.2, -0.15) is 0 Å². The first-order chi connectivity index (χ1) is 12.2. The Morgan fingerprint density at radius 1 is 1.20 bits per heavy atom. The van der Waals surface area contributed by atoms with Gasteiger partial charge in [0.25, 0.3) is 0 Å². The van der Waals surface area contributed by atoms with Gasteiger partial charge in [0, 0.05) is 12.6 Å². The SMILES string of the molecule is COc1ccc(C)cc1NC(=O)CN1CCC[C@@H]1CN1CCCCC1. The van der Waals surface area contributed by atoms with Crippen molar-refractivity contribution in [2.75, 3.05) is 45.2 Å². The van der Waals surface area contributed by atoms with Crippen LogP contribution in [0.15, 0.2) is 18.2 Å². The molecule has 1 amide bonds. The zero-order chi connectivity index (χ0) is 17.6. The molecule has 0 aromatic heterocycles. The number of likely N-dealkylation sites (tertiary alicyclic amines) is 2. The molecule has 1 aromatic carbocycles. The van der Waals surface area contributed by atoms with E-state index in [0.29, 0.717) is 18.3 Å². The largest absolute Gasteiger partial charge is 0.495 e. The lowest BCUT2D eigenvalue weighted by atomic mass is 10.1. The molecule has 0 saturated carbocycles. The van der Waals surface area contributed by atoms with Gasteiger partial charge in [-0.25, -0.2) is 0 Å². The lowest BCUT2D eigenvalue weighted by molar-refractivity contribution is -0.117. The van der Waals surface area contributed by atoms with Crippen molar-refractivity contribution >= 4 is 11.6 Å². The van der Waals surface area contributed by atoms with Crippen LogP contribution in [0.1, 0.15) is 37.7 Å². The first-order valence-electron chi connectivity index (χ1n) is 9.56. The van der Waals surface area contributed by atoms with Gasteiger partial charge in [0.15, 0.2) is 0 Å². The highest BCUT2D eigenvalue weighted by atomic mass is 16.5. The van der Waals surface area contributed by atoms with Gasteiger partial charge in [-0.1, -0.05) is 12.5 Å². The normalized spacial score (nSPS) is 22.1. The number of hydrogen-bond donors (Lipinski definition) is 1. The zero-order valence-electron chi connectivity index (χ0n) is 15.6. The number of piperidine rings is 1. The number of carbonyl (C=O) groups excluding carboxylic acids is 1. The lowest BCUT2D eigenvalue weighted by Crippen LogP contribution is -2.44. The quantitative estimate of drug-likeness (QED) is 0.861. The average Bonchev–Trinajstić information content (AvgIpc) is 3.02. The summed E-state index contributed by atoms with van der Waals surface area (Å²) in [6, 6.07) is 6.37. The molecule has 0 bridgehead atoms. The molecule has 25 heavy (non-hydrogen) atoms. The molecule has 1 N–H and O–H groups in total. The van der Waals surface area contributed by atoms with Crippen molar-refractivity contribution in [1.82, 2.24) is 9.80 Å². The summed E-state index contributed by atoms with van der Waals surface area (Å²) in [5.41, 5.74) is 1.87. The summed E-state index contributed by atoms with van der Waals surface area (Å²) in [5, 5.41) is 3.03. The summed E-state index contributed by atoms with van der Waals surface area (Å²) in [7, 11) is 1.63. The van der Waals surface area contributed by atoms with Crippen molar-refractivity contribution in [3.05, 3.63) is 23.8 Å². The van der Waals surface area contributed by atoms with Crippen LogP contribution in [-0.2, 0) is 4.79 Å². The summed E-state index contributed by atoms with van der Waals surface area (Å²) in [5.74, 6) is 0.764. The predicted molar refractivity (Wildman–Crippen MR) is 101 cm³/mol. The third-order valence-electron chi connectivity index (χ3n) is 5.39. The van der Waals surface area contributed by atoms with Gasteiger partial charge in [-0.05, 0) is 69.9 Å².